The second-order valence-corrected chi connectivity index (χ2v) is 3.14. The number of hydrogen-bond acceptors (Lipinski definition) is 1. The molecule has 0 heterocycles. The molecule has 1 heteroatoms. The van der Waals surface area contributed by atoms with E-state index in [1.807, 2.05) is 11.8 Å². The first-order chi connectivity index (χ1) is 4.93. The Balaban J connectivity index is 2.50. The summed E-state index contributed by atoms with van der Waals surface area (Å²) in [5, 5.41) is 0. The third-order valence-corrected chi connectivity index (χ3v) is 2.06. The minimum absolute atomic E-state index is 1.12. The highest BCUT2D eigenvalue weighted by molar-refractivity contribution is 7.98. The minimum Gasteiger partial charge on any atom is -0.161 e. The van der Waals surface area contributed by atoms with Crippen molar-refractivity contribution in [3.05, 3.63) is 36.0 Å². The first-order valence-electron chi connectivity index (χ1n) is 3.43. The molecule has 0 amide bonds. The summed E-state index contributed by atoms with van der Waals surface area (Å²) >= 11 is 1.88. The highest BCUT2D eigenvalue weighted by Gasteiger charge is 1.92. The molecule has 0 spiro atoms. The van der Waals surface area contributed by atoms with Crippen LogP contribution in [0.4, 0.5) is 0 Å². The lowest BCUT2D eigenvalue weighted by molar-refractivity contribution is 1.23. The van der Waals surface area contributed by atoms with Crippen molar-refractivity contribution in [3.63, 3.8) is 0 Å². The van der Waals surface area contributed by atoms with Crippen molar-refractivity contribution >= 4 is 11.8 Å². The Labute approximate surface area is 66.7 Å². The van der Waals surface area contributed by atoms with E-state index in [2.05, 4.69) is 36.6 Å². The van der Waals surface area contributed by atoms with Crippen LogP contribution in [0, 0.1) is 0 Å². The standard InChI is InChI=1S/C9H12S/c1-10-8-9-6-4-2-3-5-7-9/h2-6H,7-8H2,1H3. The highest BCUT2D eigenvalue weighted by Crippen LogP contribution is 2.11. The van der Waals surface area contributed by atoms with Crippen molar-refractivity contribution in [2.75, 3.05) is 12.0 Å². The van der Waals surface area contributed by atoms with Crippen LogP contribution >= 0.6 is 11.8 Å². The van der Waals surface area contributed by atoms with Crippen LogP contribution in [0.2, 0.25) is 0 Å². The van der Waals surface area contributed by atoms with Crippen LogP contribution in [0.25, 0.3) is 0 Å². The Hall–Kier alpha value is -0.430. The van der Waals surface area contributed by atoms with Gasteiger partial charge in [0.15, 0.2) is 0 Å². The molecule has 0 aromatic heterocycles. The van der Waals surface area contributed by atoms with Gasteiger partial charge < -0.3 is 0 Å². The normalized spacial score (nSPS) is 16.7. The molecule has 0 radical (unpaired) electrons. The largest absolute Gasteiger partial charge is 0.161 e. The van der Waals surface area contributed by atoms with Gasteiger partial charge in [-0.3, -0.25) is 0 Å². The predicted molar refractivity (Wildman–Crippen MR) is 49.4 cm³/mol. The molecule has 0 unspecified atom stereocenters. The molecule has 0 N–H and O–H groups in total. The van der Waals surface area contributed by atoms with Gasteiger partial charge in [-0.15, -0.1) is 0 Å². The molecule has 0 saturated carbocycles. The lowest BCUT2D eigenvalue weighted by atomic mass is 10.2. The predicted octanol–water partition coefficient (Wildman–Crippen LogP) is 2.79. The maximum Gasteiger partial charge on any atom is 0.0146 e. The van der Waals surface area contributed by atoms with Crippen LogP contribution in [-0.4, -0.2) is 12.0 Å². The topological polar surface area (TPSA) is 0 Å². The van der Waals surface area contributed by atoms with Crippen LogP contribution in [0.5, 0.6) is 0 Å². The maximum absolute atomic E-state index is 2.20. The summed E-state index contributed by atoms with van der Waals surface area (Å²) < 4.78 is 0. The minimum atomic E-state index is 1.12. The van der Waals surface area contributed by atoms with Crippen LogP contribution in [0.1, 0.15) is 6.42 Å². The fourth-order valence-corrected chi connectivity index (χ4v) is 1.50. The number of rotatable bonds is 2. The van der Waals surface area contributed by atoms with E-state index in [9.17, 15) is 0 Å². The zero-order valence-electron chi connectivity index (χ0n) is 6.21. The number of allylic oxidation sites excluding steroid dienone is 5. The van der Waals surface area contributed by atoms with Gasteiger partial charge in [0.05, 0.1) is 0 Å². The van der Waals surface area contributed by atoms with E-state index >= 15 is 0 Å². The van der Waals surface area contributed by atoms with Gasteiger partial charge in [0, 0.05) is 5.75 Å². The monoisotopic (exact) mass is 152 g/mol. The average molecular weight is 152 g/mol. The number of thioether (sulfide) groups is 1. The van der Waals surface area contributed by atoms with Gasteiger partial charge in [-0.2, -0.15) is 11.8 Å². The molecule has 1 aliphatic carbocycles. The van der Waals surface area contributed by atoms with Crippen molar-refractivity contribution < 1.29 is 0 Å². The summed E-state index contributed by atoms with van der Waals surface area (Å²) in [5.41, 5.74) is 1.51. The molecular weight excluding hydrogens is 140 g/mol. The molecule has 0 bridgehead atoms. The van der Waals surface area contributed by atoms with E-state index in [0.717, 1.165) is 12.2 Å². The van der Waals surface area contributed by atoms with Gasteiger partial charge in [0.25, 0.3) is 0 Å². The van der Waals surface area contributed by atoms with E-state index in [1.54, 1.807) is 0 Å². The maximum atomic E-state index is 2.20. The lowest BCUT2D eigenvalue weighted by Gasteiger charge is -1.97. The first-order valence-corrected chi connectivity index (χ1v) is 4.83. The van der Waals surface area contributed by atoms with Crippen molar-refractivity contribution in [3.8, 4) is 0 Å². The van der Waals surface area contributed by atoms with Crippen molar-refractivity contribution in [2.24, 2.45) is 0 Å². The SMILES string of the molecule is CSCC1=CC=CC=CC1. The quantitative estimate of drug-likeness (QED) is 0.586. The summed E-state index contributed by atoms with van der Waals surface area (Å²) in [6.45, 7) is 0. The van der Waals surface area contributed by atoms with Crippen LogP contribution < -0.4 is 0 Å². The third kappa shape index (κ3) is 2.44. The third-order valence-electron chi connectivity index (χ3n) is 1.40. The molecule has 0 fully saturated rings. The Bertz CT molecular complexity index is 175. The molecule has 0 nitrogen and oxygen atoms in total. The lowest BCUT2D eigenvalue weighted by Crippen LogP contribution is -1.82. The van der Waals surface area contributed by atoms with Gasteiger partial charge >= 0.3 is 0 Å². The zero-order valence-corrected chi connectivity index (χ0v) is 7.03. The van der Waals surface area contributed by atoms with Crippen LogP contribution in [-0.2, 0) is 0 Å². The van der Waals surface area contributed by atoms with E-state index in [4.69, 9.17) is 0 Å². The molecule has 0 aromatic carbocycles. The summed E-state index contributed by atoms with van der Waals surface area (Å²) in [6, 6.07) is 0. The average Bonchev–Trinajstić information content (AvgIpc) is 2.17. The highest BCUT2D eigenvalue weighted by atomic mass is 32.2. The van der Waals surface area contributed by atoms with E-state index < -0.39 is 0 Å². The van der Waals surface area contributed by atoms with E-state index in [0.29, 0.717) is 0 Å². The van der Waals surface area contributed by atoms with Crippen LogP contribution in [0.3, 0.4) is 0 Å². The fourth-order valence-electron chi connectivity index (χ4n) is 0.914. The molecule has 54 valence electrons. The van der Waals surface area contributed by atoms with Gasteiger partial charge in [-0.1, -0.05) is 36.0 Å². The van der Waals surface area contributed by atoms with E-state index in [1.165, 1.54) is 5.57 Å². The fraction of sp³-hybridized carbons (Fsp3) is 0.333. The Morgan fingerprint density at radius 2 is 2.30 bits per heavy atom. The second-order valence-electron chi connectivity index (χ2n) is 2.28. The van der Waals surface area contributed by atoms with Crippen molar-refractivity contribution in [1.29, 1.82) is 0 Å². The molecular formula is C9H12S. The molecule has 0 saturated heterocycles. The molecule has 0 aliphatic heterocycles. The van der Waals surface area contributed by atoms with Gasteiger partial charge in [-0.05, 0) is 12.7 Å². The number of hydrogen-bond donors (Lipinski definition) is 0. The van der Waals surface area contributed by atoms with Gasteiger partial charge in [-0.25, -0.2) is 0 Å². The van der Waals surface area contributed by atoms with Crippen molar-refractivity contribution in [1.82, 2.24) is 0 Å². The summed E-state index contributed by atoms with van der Waals surface area (Å²) in [4.78, 5) is 0. The van der Waals surface area contributed by atoms with Gasteiger partial charge in [0.1, 0.15) is 0 Å². The summed E-state index contributed by atoms with van der Waals surface area (Å²) in [5.74, 6) is 1.16. The molecule has 1 aliphatic rings. The summed E-state index contributed by atoms with van der Waals surface area (Å²) in [6.07, 6.45) is 13.9. The first kappa shape index (κ1) is 7.67. The molecule has 0 atom stereocenters. The zero-order chi connectivity index (χ0) is 7.23. The Morgan fingerprint density at radius 1 is 1.40 bits per heavy atom. The molecule has 10 heavy (non-hydrogen) atoms. The van der Waals surface area contributed by atoms with Gasteiger partial charge in [0.2, 0.25) is 0 Å². The summed E-state index contributed by atoms with van der Waals surface area (Å²) in [7, 11) is 0. The van der Waals surface area contributed by atoms with Crippen LogP contribution in [0.15, 0.2) is 36.0 Å². The second kappa shape index (κ2) is 4.40. The van der Waals surface area contributed by atoms with E-state index in [-0.39, 0.29) is 0 Å². The Kier molecular flexibility index (Phi) is 3.37. The molecule has 0 aromatic rings. The smallest absolute Gasteiger partial charge is 0.0146 e. The van der Waals surface area contributed by atoms with Crippen molar-refractivity contribution in [2.45, 2.75) is 6.42 Å². The Morgan fingerprint density at radius 3 is 3.10 bits per heavy atom. The molecule has 1 rings (SSSR count).